The van der Waals surface area contributed by atoms with Gasteiger partial charge in [0.2, 0.25) is 0 Å². The van der Waals surface area contributed by atoms with E-state index in [0.717, 1.165) is 77.0 Å². The number of carbonyl (C=O) groups excluding carboxylic acids is 2. The molecule has 0 aliphatic rings. The number of unbranched alkanes of at least 4 members (excludes halogenated alkanes) is 32. The van der Waals surface area contributed by atoms with Gasteiger partial charge in [0, 0.05) is 19.4 Å². The fraction of sp³-hybridized carbons (Fsp3) is 0.761. The van der Waals surface area contributed by atoms with Crippen molar-refractivity contribution in [1.82, 2.24) is 0 Å². The van der Waals surface area contributed by atoms with Crippen molar-refractivity contribution in [1.29, 1.82) is 0 Å². The lowest BCUT2D eigenvalue weighted by molar-refractivity contribution is -0.163. The van der Waals surface area contributed by atoms with E-state index >= 15 is 0 Å². The molecule has 0 N–H and O–H groups in total. The molecule has 1 atom stereocenters. The summed E-state index contributed by atoms with van der Waals surface area (Å²) in [5, 5.41) is 0. The lowest BCUT2D eigenvalue weighted by atomic mass is 10.1. The van der Waals surface area contributed by atoms with Crippen LogP contribution in [0.1, 0.15) is 303 Å². The summed E-state index contributed by atoms with van der Waals surface area (Å²) < 4.78 is 17.5. The summed E-state index contributed by atoms with van der Waals surface area (Å²) in [6.45, 7) is 7.68. The summed E-state index contributed by atoms with van der Waals surface area (Å²) in [7, 11) is 0. The zero-order chi connectivity index (χ0) is 52.0. The number of allylic oxidation sites excluding steroid dienone is 14. The molecule has 0 aromatic rings. The van der Waals surface area contributed by atoms with E-state index in [4.69, 9.17) is 14.2 Å². The first kappa shape index (κ1) is 69.1. The third-order valence-corrected chi connectivity index (χ3v) is 13.4. The average molecular weight is 1000 g/mol. The maximum Gasteiger partial charge on any atom is 0.306 e. The fourth-order valence-electron chi connectivity index (χ4n) is 8.76. The Balaban J connectivity index is 4.32. The first-order chi connectivity index (χ1) is 35.6. The van der Waals surface area contributed by atoms with Crippen LogP contribution < -0.4 is 0 Å². The van der Waals surface area contributed by atoms with Crippen LogP contribution in [0.15, 0.2) is 85.1 Å². The summed E-state index contributed by atoms with van der Waals surface area (Å²) in [6.07, 6.45) is 83.3. The molecule has 0 radical (unpaired) electrons. The minimum Gasteiger partial charge on any atom is -0.462 e. The van der Waals surface area contributed by atoms with Gasteiger partial charge in [-0.2, -0.15) is 0 Å². The maximum absolute atomic E-state index is 12.9. The molecule has 0 fully saturated rings. The highest BCUT2D eigenvalue weighted by atomic mass is 16.6. The Morgan fingerprint density at radius 3 is 1.04 bits per heavy atom. The van der Waals surface area contributed by atoms with Crippen LogP contribution >= 0.6 is 0 Å². The fourth-order valence-corrected chi connectivity index (χ4v) is 8.76. The van der Waals surface area contributed by atoms with E-state index < -0.39 is 6.10 Å². The SMILES string of the molecule is CC/C=C\C/C=C\C/C=C\C/C=C\CCCCCCCOCC(COC(=O)CCCCCCCCCCC/C=C\C/C=C\CCCCC)OC(=O)CCCCCCCCCCC/C=C\CCCCCCCC. The first-order valence-electron chi connectivity index (χ1n) is 31.1. The van der Waals surface area contributed by atoms with E-state index in [9.17, 15) is 9.59 Å². The Hall–Kier alpha value is -2.92. The zero-order valence-electron chi connectivity index (χ0n) is 47.9. The quantitative estimate of drug-likeness (QED) is 0.0345. The monoisotopic (exact) mass is 1000 g/mol. The minimum atomic E-state index is -0.554. The van der Waals surface area contributed by atoms with Gasteiger partial charge in [0.15, 0.2) is 6.10 Å². The Labute approximate surface area is 448 Å². The third-order valence-electron chi connectivity index (χ3n) is 13.4. The molecule has 416 valence electrons. The van der Waals surface area contributed by atoms with Gasteiger partial charge in [-0.3, -0.25) is 9.59 Å². The smallest absolute Gasteiger partial charge is 0.306 e. The molecule has 0 aromatic heterocycles. The zero-order valence-corrected chi connectivity index (χ0v) is 47.9. The lowest BCUT2D eigenvalue weighted by Crippen LogP contribution is -2.30. The largest absolute Gasteiger partial charge is 0.462 e. The molecule has 0 rings (SSSR count). The van der Waals surface area contributed by atoms with Gasteiger partial charge in [-0.25, -0.2) is 0 Å². The van der Waals surface area contributed by atoms with Crippen LogP contribution in [0.4, 0.5) is 0 Å². The second kappa shape index (κ2) is 62.4. The molecule has 0 bridgehead atoms. The molecule has 0 aromatic carbocycles. The molecule has 0 amide bonds. The number of carbonyl (C=O) groups is 2. The van der Waals surface area contributed by atoms with E-state index in [-0.39, 0.29) is 25.2 Å². The van der Waals surface area contributed by atoms with Gasteiger partial charge in [-0.1, -0.05) is 260 Å². The third kappa shape index (κ3) is 59.6. The van der Waals surface area contributed by atoms with Gasteiger partial charge in [0.05, 0.1) is 6.61 Å². The van der Waals surface area contributed by atoms with Crippen molar-refractivity contribution >= 4 is 11.9 Å². The topological polar surface area (TPSA) is 61.8 Å². The van der Waals surface area contributed by atoms with Gasteiger partial charge in [0.1, 0.15) is 6.61 Å². The maximum atomic E-state index is 12.9. The second-order valence-corrected chi connectivity index (χ2v) is 20.6. The van der Waals surface area contributed by atoms with Crippen molar-refractivity contribution in [2.75, 3.05) is 19.8 Å². The van der Waals surface area contributed by atoms with Gasteiger partial charge >= 0.3 is 11.9 Å². The van der Waals surface area contributed by atoms with E-state index in [0.29, 0.717) is 19.4 Å². The molecule has 1 unspecified atom stereocenters. The molecule has 0 saturated carbocycles. The van der Waals surface area contributed by atoms with Crippen LogP contribution in [-0.4, -0.2) is 37.9 Å². The van der Waals surface area contributed by atoms with Crippen molar-refractivity contribution in [3.63, 3.8) is 0 Å². The van der Waals surface area contributed by atoms with Crippen molar-refractivity contribution in [2.45, 2.75) is 309 Å². The highest BCUT2D eigenvalue weighted by molar-refractivity contribution is 5.70. The van der Waals surface area contributed by atoms with E-state index in [2.05, 4.69) is 106 Å². The summed E-state index contributed by atoms with van der Waals surface area (Å²) in [5.41, 5.74) is 0. The summed E-state index contributed by atoms with van der Waals surface area (Å²) in [6, 6.07) is 0. The van der Waals surface area contributed by atoms with Crippen molar-refractivity contribution in [3.05, 3.63) is 85.1 Å². The molecular weight excluding hydrogens is 885 g/mol. The van der Waals surface area contributed by atoms with Crippen LogP contribution in [-0.2, 0) is 23.8 Å². The second-order valence-electron chi connectivity index (χ2n) is 20.6. The summed E-state index contributed by atoms with van der Waals surface area (Å²) in [5.74, 6) is -0.406. The molecule has 5 heteroatoms. The Bertz CT molecular complexity index is 1320. The molecular formula is C67H118O5. The van der Waals surface area contributed by atoms with Crippen LogP contribution in [0.25, 0.3) is 0 Å². The van der Waals surface area contributed by atoms with Gasteiger partial charge in [0.25, 0.3) is 0 Å². The van der Waals surface area contributed by atoms with Crippen LogP contribution in [0.2, 0.25) is 0 Å². The molecule has 0 aliphatic heterocycles. The highest BCUT2D eigenvalue weighted by Crippen LogP contribution is 2.16. The summed E-state index contributed by atoms with van der Waals surface area (Å²) >= 11 is 0. The van der Waals surface area contributed by atoms with Crippen molar-refractivity contribution in [3.8, 4) is 0 Å². The first-order valence-corrected chi connectivity index (χ1v) is 31.1. The molecule has 5 nitrogen and oxygen atoms in total. The molecule has 0 spiro atoms. The number of hydrogen-bond acceptors (Lipinski definition) is 5. The lowest BCUT2D eigenvalue weighted by Gasteiger charge is -2.18. The minimum absolute atomic E-state index is 0.0727. The number of ether oxygens (including phenoxy) is 3. The Morgan fingerprint density at radius 2 is 0.625 bits per heavy atom. The van der Waals surface area contributed by atoms with E-state index in [1.54, 1.807) is 0 Å². The summed E-state index contributed by atoms with van der Waals surface area (Å²) in [4.78, 5) is 25.6. The van der Waals surface area contributed by atoms with E-state index in [1.165, 1.54) is 193 Å². The van der Waals surface area contributed by atoms with Gasteiger partial charge in [-0.15, -0.1) is 0 Å². The number of esters is 2. The van der Waals surface area contributed by atoms with Crippen LogP contribution in [0.5, 0.6) is 0 Å². The normalized spacial score (nSPS) is 12.8. The van der Waals surface area contributed by atoms with E-state index in [1.807, 2.05) is 0 Å². The van der Waals surface area contributed by atoms with Crippen LogP contribution in [0, 0.1) is 0 Å². The highest BCUT2D eigenvalue weighted by Gasteiger charge is 2.17. The molecule has 72 heavy (non-hydrogen) atoms. The molecule has 0 saturated heterocycles. The van der Waals surface area contributed by atoms with Crippen LogP contribution in [0.3, 0.4) is 0 Å². The molecule has 0 aliphatic carbocycles. The van der Waals surface area contributed by atoms with Gasteiger partial charge < -0.3 is 14.2 Å². The molecule has 0 heterocycles. The predicted octanol–water partition coefficient (Wildman–Crippen LogP) is 21.6. The Kier molecular flexibility index (Phi) is 59.8. The predicted molar refractivity (Wildman–Crippen MR) is 316 cm³/mol. The van der Waals surface area contributed by atoms with Crippen molar-refractivity contribution in [2.24, 2.45) is 0 Å². The number of hydrogen-bond donors (Lipinski definition) is 0. The van der Waals surface area contributed by atoms with Gasteiger partial charge in [-0.05, 0) is 116 Å². The average Bonchev–Trinajstić information content (AvgIpc) is 3.38. The van der Waals surface area contributed by atoms with Crippen molar-refractivity contribution < 1.29 is 23.8 Å². The standard InChI is InChI=1S/C67H118O5/c1-4-7-10-13-16-19-22-25-28-31-34-36-39-42-45-48-51-54-57-60-66(68)71-64-65(63-70-62-59-56-53-50-47-44-41-38-33-30-27-24-21-18-15-12-9-6-3)72-67(69)61-58-55-52-49-46-43-40-37-35-32-29-26-23-20-17-14-11-8-5-2/h9,12,16,18-19,21,25-30,38,41,65H,4-8,10-11,13-15,17,20,22-24,31-37,39-40,42-64H2,1-3H3/b12-9-,19-16-,21-18-,28-25-,29-26-,30-27-,41-38-. The number of rotatable bonds is 57. The Morgan fingerprint density at radius 1 is 0.319 bits per heavy atom.